The zero-order valence-corrected chi connectivity index (χ0v) is 16.0. The minimum absolute atomic E-state index is 0.302. The summed E-state index contributed by atoms with van der Waals surface area (Å²) in [7, 11) is 1.60. The molecule has 0 fully saturated rings. The lowest BCUT2D eigenvalue weighted by molar-refractivity contribution is 0.0955. The van der Waals surface area contributed by atoms with E-state index in [1.807, 2.05) is 48.5 Å². The Morgan fingerprint density at radius 1 is 1.04 bits per heavy atom. The topological polar surface area (TPSA) is 59.9 Å². The summed E-state index contributed by atoms with van der Waals surface area (Å²) in [5, 5.41) is 4.66. The molecule has 3 aromatic rings. The zero-order valence-electron chi connectivity index (χ0n) is 15.3. The first kappa shape index (κ1) is 19.5. The molecule has 0 bridgehead atoms. The number of halogens is 1. The number of hydrazone groups is 1. The number of nitrogens with zero attached hydrogens (tertiary/aromatic N) is 1. The molecule has 0 atom stereocenters. The van der Waals surface area contributed by atoms with Gasteiger partial charge in [-0.15, -0.1) is 0 Å². The fourth-order valence-corrected chi connectivity index (χ4v) is 2.53. The average molecular weight is 395 g/mol. The molecule has 0 spiro atoms. The lowest BCUT2D eigenvalue weighted by atomic mass is 10.2. The highest BCUT2D eigenvalue weighted by Gasteiger charge is 2.05. The highest BCUT2D eigenvalue weighted by atomic mass is 35.5. The Hall–Kier alpha value is -3.31. The summed E-state index contributed by atoms with van der Waals surface area (Å²) in [4.78, 5) is 12.2. The second-order valence-electron chi connectivity index (χ2n) is 5.92. The number of benzene rings is 3. The first-order valence-corrected chi connectivity index (χ1v) is 8.96. The van der Waals surface area contributed by atoms with Crippen molar-refractivity contribution in [2.75, 3.05) is 7.11 Å². The summed E-state index contributed by atoms with van der Waals surface area (Å²) in [6.07, 6.45) is 1.56. The number of nitrogens with one attached hydrogen (secondary N) is 1. The molecule has 0 aliphatic carbocycles. The van der Waals surface area contributed by atoms with Crippen molar-refractivity contribution in [2.24, 2.45) is 5.10 Å². The van der Waals surface area contributed by atoms with E-state index in [1.54, 1.807) is 37.6 Å². The smallest absolute Gasteiger partial charge is 0.271 e. The van der Waals surface area contributed by atoms with Gasteiger partial charge in [0.15, 0.2) is 0 Å². The molecule has 3 aromatic carbocycles. The number of amides is 1. The van der Waals surface area contributed by atoms with E-state index in [1.165, 1.54) is 0 Å². The fourth-order valence-electron chi connectivity index (χ4n) is 2.40. The molecule has 28 heavy (non-hydrogen) atoms. The highest BCUT2D eigenvalue weighted by Crippen LogP contribution is 2.16. The number of carbonyl (C=O) groups is 1. The molecule has 0 saturated carbocycles. The normalized spacial score (nSPS) is 10.6. The van der Waals surface area contributed by atoms with E-state index in [2.05, 4.69) is 10.5 Å². The van der Waals surface area contributed by atoms with Crippen LogP contribution >= 0.6 is 11.6 Å². The number of hydrogen-bond acceptors (Lipinski definition) is 4. The minimum Gasteiger partial charge on any atom is -0.497 e. The minimum atomic E-state index is -0.302. The third-order valence-corrected chi connectivity index (χ3v) is 4.16. The molecule has 0 aliphatic heterocycles. The lowest BCUT2D eigenvalue weighted by Gasteiger charge is -2.07. The van der Waals surface area contributed by atoms with Crippen molar-refractivity contribution in [3.63, 3.8) is 0 Å². The van der Waals surface area contributed by atoms with Gasteiger partial charge in [0.2, 0.25) is 0 Å². The second kappa shape index (κ2) is 9.58. The van der Waals surface area contributed by atoms with Crippen molar-refractivity contribution < 1.29 is 14.3 Å². The van der Waals surface area contributed by atoms with E-state index in [4.69, 9.17) is 21.1 Å². The van der Waals surface area contributed by atoms with Crippen LogP contribution in [0.5, 0.6) is 11.5 Å². The quantitative estimate of drug-likeness (QED) is 0.467. The number of hydrogen-bond donors (Lipinski definition) is 1. The molecule has 5 nitrogen and oxygen atoms in total. The maximum Gasteiger partial charge on any atom is 0.271 e. The third kappa shape index (κ3) is 5.59. The van der Waals surface area contributed by atoms with Gasteiger partial charge in [0.05, 0.1) is 13.3 Å². The predicted molar refractivity (Wildman–Crippen MR) is 110 cm³/mol. The van der Waals surface area contributed by atoms with Crippen LogP contribution in [0.25, 0.3) is 0 Å². The summed E-state index contributed by atoms with van der Waals surface area (Å²) in [5.74, 6) is 1.10. The van der Waals surface area contributed by atoms with Crippen LogP contribution in [-0.4, -0.2) is 19.2 Å². The molecule has 0 aromatic heterocycles. The SMILES string of the molecule is COc1cccc(C=NNC(=O)c2ccc(OCc3ccc(Cl)cc3)cc2)c1. The first-order valence-electron chi connectivity index (χ1n) is 8.59. The summed E-state index contributed by atoms with van der Waals surface area (Å²) in [6.45, 7) is 0.424. The maximum atomic E-state index is 12.2. The fraction of sp³-hybridized carbons (Fsp3) is 0.0909. The Kier molecular flexibility index (Phi) is 6.65. The second-order valence-corrected chi connectivity index (χ2v) is 6.35. The summed E-state index contributed by atoms with van der Waals surface area (Å²) in [6, 6.07) is 21.7. The molecule has 142 valence electrons. The molecule has 0 aliphatic rings. The van der Waals surface area contributed by atoms with E-state index < -0.39 is 0 Å². The van der Waals surface area contributed by atoms with Gasteiger partial charge in [-0.3, -0.25) is 4.79 Å². The van der Waals surface area contributed by atoms with Crippen molar-refractivity contribution in [3.05, 3.63) is 94.5 Å². The van der Waals surface area contributed by atoms with E-state index in [0.717, 1.165) is 16.9 Å². The maximum absolute atomic E-state index is 12.2. The van der Waals surface area contributed by atoms with Crippen LogP contribution < -0.4 is 14.9 Å². The van der Waals surface area contributed by atoms with Crippen LogP contribution in [0.4, 0.5) is 0 Å². The molecule has 0 unspecified atom stereocenters. The average Bonchev–Trinajstić information content (AvgIpc) is 2.74. The first-order chi connectivity index (χ1) is 13.6. The van der Waals surface area contributed by atoms with Gasteiger partial charge in [-0.1, -0.05) is 35.9 Å². The number of rotatable bonds is 7. The monoisotopic (exact) mass is 394 g/mol. The van der Waals surface area contributed by atoms with E-state index in [0.29, 0.717) is 22.9 Å². The van der Waals surface area contributed by atoms with Gasteiger partial charge in [0, 0.05) is 10.6 Å². The summed E-state index contributed by atoms with van der Waals surface area (Å²) in [5.41, 5.74) is 4.83. The molecule has 1 N–H and O–H groups in total. The molecule has 6 heteroatoms. The van der Waals surface area contributed by atoms with Gasteiger partial charge in [-0.05, 0) is 59.7 Å². The zero-order chi connectivity index (χ0) is 19.8. The largest absolute Gasteiger partial charge is 0.497 e. The van der Waals surface area contributed by atoms with Gasteiger partial charge in [-0.2, -0.15) is 5.10 Å². The number of methoxy groups -OCH3 is 1. The third-order valence-electron chi connectivity index (χ3n) is 3.91. The Morgan fingerprint density at radius 3 is 2.50 bits per heavy atom. The van der Waals surface area contributed by atoms with Gasteiger partial charge in [0.25, 0.3) is 5.91 Å². The Morgan fingerprint density at radius 2 is 1.79 bits per heavy atom. The molecule has 0 radical (unpaired) electrons. The molecule has 0 saturated heterocycles. The van der Waals surface area contributed by atoms with E-state index in [9.17, 15) is 4.79 Å². The number of ether oxygens (including phenoxy) is 2. The Bertz CT molecular complexity index is 954. The van der Waals surface area contributed by atoms with Crippen molar-refractivity contribution in [1.29, 1.82) is 0 Å². The summed E-state index contributed by atoms with van der Waals surface area (Å²) >= 11 is 5.87. The van der Waals surface area contributed by atoms with Crippen molar-refractivity contribution >= 4 is 23.7 Å². The molecular weight excluding hydrogens is 376 g/mol. The highest BCUT2D eigenvalue weighted by molar-refractivity contribution is 6.30. The van der Waals surface area contributed by atoms with Crippen LogP contribution in [0.15, 0.2) is 77.9 Å². The van der Waals surface area contributed by atoms with Crippen molar-refractivity contribution in [1.82, 2.24) is 5.43 Å². The number of carbonyl (C=O) groups excluding carboxylic acids is 1. The summed E-state index contributed by atoms with van der Waals surface area (Å²) < 4.78 is 10.9. The van der Waals surface area contributed by atoms with Crippen LogP contribution in [-0.2, 0) is 6.61 Å². The molecule has 1 amide bonds. The van der Waals surface area contributed by atoms with Crippen LogP contribution in [0, 0.1) is 0 Å². The van der Waals surface area contributed by atoms with E-state index >= 15 is 0 Å². The Labute approximate surface area is 168 Å². The molecule has 3 rings (SSSR count). The standard InChI is InChI=1S/C22H19ClN2O3/c1-27-21-4-2-3-17(13-21)14-24-25-22(26)18-7-11-20(12-8-18)28-15-16-5-9-19(23)10-6-16/h2-14H,15H2,1H3,(H,25,26). The van der Waals surface area contributed by atoms with Gasteiger partial charge in [0.1, 0.15) is 18.1 Å². The van der Waals surface area contributed by atoms with Crippen LogP contribution in [0.1, 0.15) is 21.5 Å². The Balaban J connectivity index is 1.52. The molecular formula is C22H19ClN2O3. The van der Waals surface area contributed by atoms with E-state index in [-0.39, 0.29) is 5.91 Å². The van der Waals surface area contributed by atoms with Gasteiger partial charge >= 0.3 is 0 Å². The van der Waals surface area contributed by atoms with Crippen LogP contribution in [0.2, 0.25) is 5.02 Å². The molecule has 0 heterocycles. The van der Waals surface area contributed by atoms with Crippen LogP contribution in [0.3, 0.4) is 0 Å². The van der Waals surface area contributed by atoms with Gasteiger partial charge in [-0.25, -0.2) is 5.43 Å². The van der Waals surface area contributed by atoms with Gasteiger partial charge < -0.3 is 9.47 Å². The lowest BCUT2D eigenvalue weighted by Crippen LogP contribution is -2.17. The predicted octanol–water partition coefficient (Wildman–Crippen LogP) is 4.69. The van der Waals surface area contributed by atoms with Crippen molar-refractivity contribution in [3.8, 4) is 11.5 Å². The van der Waals surface area contributed by atoms with Crippen molar-refractivity contribution in [2.45, 2.75) is 6.61 Å².